The lowest BCUT2D eigenvalue weighted by Gasteiger charge is -2.13. The Morgan fingerprint density at radius 3 is 2.28 bits per heavy atom. The van der Waals surface area contributed by atoms with Gasteiger partial charge in [0.25, 0.3) is 10.0 Å². The van der Waals surface area contributed by atoms with Crippen molar-refractivity contribution in [2.45, 2.75) is 18.2 Å². The minimum Gasteiger partial charge on any atom is -0.406 e. The number of ether oxygens (including phenoxy) is 1. The van der Waals surface area contributed by atoms with E-state index >= 15 is 0 Å². The van der Waals surface area contributed by atoms with Gasteiger partial charge in [-0.15, -0.1) is 13.2 Å². The summed E-state index contributed by atoms with van der Waals surface area (Å²) in [5.41, 5.74) is 1.86. The van der Waals surface area contributed by atoms with Gasteiger partial charge < -0.3 is 4.74 Å². The molecule has 29 heavy (non-hydrogen) atoms. The third kappa shape index (κ3) is 5.23. The first kappa shape index (κ1) is 20.6. The first-order valence-corrected chi connectivity index (χ1v) is 9.63. The standard InChI is InChI=1S/C19H14F4N2O3S/c1-12-2-3-13(17-9-4-14(20)11-24-17)10-18(12)25-29(26,27)16-7-5-15(6-8-16)28-19(21,22)23/h2-11,25H,1H3. The van der Waals surface area contributed by atoms with Crippen molar-refractivity contribution in [3.05, 3.63) is 72.2 Å². The van der Waals surface area contributed by atoms with Crippen molar-refractivity contribution in [3.8, 4) is 17.0 Å². The van der Waals surface area contributed by atoms with E-state index in [0.29, 0.717) is 16.8 Å². The van der Waals surface area contributed by atoms with Crippen molar-refractivity contribution in [2.75, 3.05) is 4.72 Å². The maximum absolute atomic E-state index is 13.0. The first-order chi connectivity index (χ1) is 13.5. The molecule has 0 atom stereocenters. The fourth-order valence-electron chi connectivity index (χ4n) is 2.46. The topological polar surface area (TPSA) is 68.3 Å². The number of nitrogens with zero attached hydrogens (tertiary/aromatic N) is 1. The van der Waals surface area contributed by atoms with Crippen LogP contribution in [0.15, 0.2) is 65.7 Å². The molecule has 0 amide bonds. The number of aryl methyl sites for hydroxylation is 1. The van der Waals surface area contributed by atoms with Crippen LogP contribution in [-0.4, -0.2) is 19.8 Å². The second-order valence-electron chi connectivity index (χ2n) is 6.02. The van der Waals surface area contributed by atoms with Crippen LogP contribution >= 0.6 is 0 Å². The summed E-state index contributed by atoms with van der Waals surface area (Å²) in [7, 11) is -4.07. The lowest BCUT2D eigenvalue weighted by molar-refractivity contribution is -0.274. The van der Waals surface area contributed by atoms with Crippen LogP contribution in [0.4, 0.5) is 23.2 Å². The molecule has 0 aliphatic carbocycles. The summed E-state index contributed by atoms with van der Waals surface area (Å²) in [4.78, 5) is 3.72. The Morgan fingerprint density at radius 2 is 1.69 bits per heavy atom. The fraction of sp³-hybridized carbons (Fsp3) is 0.105. The van der Waals surface area contributed by atoms with E-state index in [1.807, 2.05) is 0 Å². The number of halogens is 4. The second kappa shape index (κ2) is 7.70. The van der Waals surface area contributed by atoms with E-state index in [1.54, 1.807) is 19.1 Å². The zero-order valence-corrected chi connectivity index (χ0v) is 15.7. The summed E-state index contributed by atoms with van der Waals surface area (Å²) in [5.74, 6) is -1.03. The number of rotatable bonds is 5. The van der Waals surface area contributed by atoms with E-state index in [4.69, 9.17) is 0 Å². The monoisotopic (exact) mass is 426 g/mol. The Hall–Kier alpha value is -3.14. The molecular weight excluding hydrogens is 412 g/mol. The summed E-state index contributed by atoms with van der Waals surface area (Å²) in [6.07, 6.45) is -3.83. The molecule has 0 fully saturated rings. The number of benzene rings is 2. The Labute approximate surface area is 164 Å². The van der Waals surface area contributed by atoms with Gasteiger partial charge in [0.05, 0.1) is 22.5 Å². The van der Waals surface area contributed by atoms with Crippen molar-refractivity contribution in [1.29, 1.82) is 0 Å². The molecule has 0 aliphatic heterocycles. The molecule has 152 valence electrons. The number of pyridine rings is 1. The van der Waals surface area contributed by atoms with Gasteiger partial charge in [-0.3, -0.25) is 9.71 Å². The molecule has 0 radical (unpaired) electrons. The summed E-state index contributed by atoms with van der Waals surface area (Å²) in [6, 6.07) is 11.4. The quantitative estimate of drug-likeness (QED) is 0.590. The zero-order chi connectivity index (χ0) is 21.2. The highest BCUT2D eigenvalue weighted by Gasteiger charge is 2.31. The van der Waals surface area contributed by atoms with Gasteiger partial charge in [0, 0.05) is 5.56 Å². The van der Waals surface area contributed by atoms with Crippen molar-refractivity contribution in [3.63, 3.8) is 0 Å². The maximum atomic E-state index is 13.0. The lowest BCUT2D eigenvalue weighted by atomic mass is 10.1. The molecular formula is C19H14F4N2O3S. The van der Waals surface area contributed by atoms with E-state index < -0.39 is 28.0 Å². The third-order valence-electron chi connectivity index (χ3n) is 3.87. The van der Waals surface area contributed by atoms with Crippen molar-refractivity contribution in [1.82, 2.24) is 4.98 Å². The number of nitrogens with one attached hydrogen (secondary N) is 1. The van der Waals surface area contributed by atoms with Crippen LogP contribution in [0.2, 0.25) is 0 Å². The Kier molecular flexibility index (Phi) is 5.47. The van der Waals surface area contributed by atoms with Gasteiger partial charge in [-0.05, 0) is 55.0 Å². The number of sulfonamides is 1. The highest BCUT2D eigenvalue weighted by Crippen LogP contribution is 2.28. The average molecular weight is 426 g/mol. The number of aromatic nitrogens is 1. The Bertz CT molecular complexity index is 1110. The minimum absolute atomic E-state index is 0.239. The molecule has 1 heterocycles. The molecule has 0 aliphatic rings. The van der Waals surface area contributed by atoms with Crippen LogP contribution in [0.25, 0.3) is 11.3 Å². The molecule has 2 aromatic carbocycles. The van der Waals surface area contributed by atoms with Crippen molar-refractivity contribution in [2.24, 2.45) is 0 Å². The lowest BCUT2D eigenvalue weighted by Crippen LogP contribution is -2.17. The maximum Gasteiger partial charge on any atom is 0.573 e. The molecule has 0 spiro atoms. The van der Waals surface area contributed by atoms with Crippen molar-refractivity contribution >= 4 is 15.7 Å². The highest BCUT2D eigenvalue weighted by molar-refractivity contribution is 7.92. The second-order valence-corrected chi connectivity index (χ2v) is 7.70. The number of alkyl halides is 3. The van der Waals surface area contributed by atoms with Crippen LogP contribution in [0.1, 0.15) is 5.56 Å². The van der Waals surface area contributed by atoms with Crippen LogP contribution in [0, 0.1) is 12.7 Å². The molecule has 0 saturated heterocycles. The summed E-state index contributed by atoms with van der Waals surface area (Å²) >= 11 is 0. The van der Waals surface area contributed by atoms with Gasteiger partial charge in [-0.25, -0.2) is 12.8 Å². The predicted octanol–water partition coefficient (Wildman–Crippen LogP) is 4.90. The van der Waals surface area contributed by atoms with Gasteiger partial charge >= 0.3 is 6.36 Å². The molecule has 0 saturated carbocycles. The average Bonchev–Trinajstić information content (AvgIpc) is 2.63. The van der Waals surface area contributed by atoms with E-state index in [2.05, 4.69) is 14.4 Å². The molecule has 1 N–H and O–H groups in total. The van der Waals surface area contributed by atoms with Crippen LogP contribution in [-0.2, 0) is 10.0 Å². The van der Waals surface area contributed by atoms with E-state index in [-0.39, 0.29) is 10.6 Å². The van der Waals surface area contributed by atoms with Crippen LogP contribution < -0.4 is 9.46 Å². The SMILES string of the molecule is Cc1ccc(-c2ccc(F)cn2)cc1NS(=O)(=O)c1ccc(OC(F)(F)F)cc1. The molecule has 3 aromatic rings. The molecule has 5 nitrogen and oxygen atoms in total. The summed E-state index contributed by atoms with van der Waals surface area (Å²) < 4.78 is 81.1. The minimum atomic E-state index is -4.87. The zero-order valence-electron chi connectivity index (χ0n) is 14.9. The number of hydrogen-bond acceptors (Lipinski definition) is 4. The smallest absolute Gasteiger partial charge is 0.406 e. The normalized spacial score (nSPS) is 11.9. The van der Waals surface area contributed by atoms with E-state index in [0.717, 1.165) is 30.5 Å². The molecule has 1 aromatic heterocycles. The third-order valence-corrected chi connectivity index (χ3v) is 5.25. The number of anilines is 1. The van der Waals surface area contributed by atoms with Crippen molar-refractivity contribution < 1.29 is 30.7 Å². The van der Waals surface area contributed by atoms with Gasteiger partial charge in [0.1, 0.15) is 11.6 Å². The first-order valence-electron chi connectivity index (χ1n) is 8.15. The van der Waals surface area contributed by atoms with E-state index in [9.17, 15) is 26.0 Å². The molecule has 0 unspecified atom stereocenters. The highest BCUT2D eigenvalue weighted by atomic mass is 32.2. The van der Waals surface area contributed by atoms with Gasteiger partial charge in [-0.1, -0.05) is 12.1 Å². The summed E-state index contributed by atoms with van der Waals surface area (Å²) in [5, 5.41) is 0. The van der Waals surface area contributed by atoms with E-state index in [1.165, 1.54) is 18.2 Å². The largest absolute Gasteiger partial charge is 0.573 e. The number of hydrogen-bond donors (Lipinski definition) is 1. The molecule has 3 rings (SSSR count). The van der Waals surface area contributed by atoms with Gasteiger partial charge in [0.2, 0.25) is 0 Å². The van der Waals surface area contributed by atoms with Gasteiger partial charge in [0.15, 0.2) is 0 Å². The molecule has 10 heteroatoms. The Morgan fingerprint density at radius 1 is 1.00 bits per heavy atom. The molecule has 0 bridgehead atoms. The van der Waals surface area contributed by atoms with Crippen LogP contribution in [0.3, 0.4) is 0 Å². The Balaban J connectivity index is 1.86. The van der Waals surface area contributed by atoms with Gasteiger partial charge in [-0.2, -0.15) is 0 Å². The summed E-state index contributed by atoms with van der Waals surface area (Å²) in [6.45, 7) is 1.68. The fourth-order valence-corrected chi connectivity index (χ4v) is 3.58. The van der Waals surface area contributed by atoms with Crippen LogP contribution in [0.5, 0.6) is 5.75 Å². The predicted molar refractivity (Wildman–Crippen MR) is 98.3 cm³/mol.